The molecule has 1 heterocycles. The summed E-state index contributed by atoms with van der Waals surface area (Å²) in [7, 11) is 0. The molecule has 0 amide bonds. The first-order chi connectivity index (χ1) is 8.16. The summed E-state index contributed by atoms with van der Waals surface area (Å²) in [5, 5.41) is 11.4. The van der Waals surface area contributed by atoms with E-state index in [0.29, 0.717) is 0 Å². The molecule has 1 atom stereocenters. The van der Waals surface area contributed by atoms with Gasteiger partial charge in [-0.05, 0) is 38.3 Å². The van der Waals surface area contributed by atoms with E-state index in [2.05, 4.69) is 18.0 Å². The van der Waals surface area contributed by atoms with Gasteiger partial charge in [-0.2, -0.15) is 0 Å². The van der Waals surface area contributed by atoms with Crippen molar-refractivity contribution in [2.45, 2.75) is 62.3 Å². The number of thioether (sulfide) groups is 1. The minimum atomic E-state index is -0.420. The molecule has 17 heavy (non-hydrogen) atoms. The van der Waals surface area contributed by atoms with Gasteiger partial charge in [0.15, 0.2) is 0 Å². The molecule has 1 aliphatic carbocycles. The second kappa shape index (κ2) is 5.87. The van der Waals surface area contributed by atoms with Crippen LogP contribution in [-0.2, 0) is 0 Å². The summed E-state index contributed by atoms with van der Waals surface area (Å²) in [5.41, 5.74) is 2.09. The highest BCUT2D eigenvalue weighted by atomic mass is 32.2. The summed E-state index contributed by atoms with van der Waals surface area (Å²) in [6, 6.07) is 2.11. The number of rotatable bonds is 3. The van der Waals surface area contributed by atoms with Gasteiger partial charge in [0.25, 0.3) is 0 Å². The van der Waals surface area contributed by atoms with E-state index in [1.165, 1.54) is 32.1 Å². The smallest absolute Gasteiger partial charge is 0.0965 e. The van der Waals surface area contributed by atoms with Crippen LogP contribution < -0.4 is 0 Å². The third kappa shape index (κ3) is 3.46. The minimum Gasteiger partial charge on any atom is -0.389 e. The molecule has 1 aromatic heterocycles. The number of aliphatic hydroxyl groups is 1. The molecule has 94 valence electrons. The summed E-state index contributed by atoms with van der Waals surface area (Å²) < 4.78 is 0. The standard InChI is InChI=1S/C14H21NOS/c1-10-8-14(15-9-13(10)11(2)16)17-12-6-4-3-5-7-12/h8-9,11-12,16H,3-7H2,1-2H3. The Morgan fingerprint density at radius 2 is 2.06 bits per heavy atom. The van der Waals surface area contributed by atoms with Crippen molar-refractivity contribution in [2.24, 2.45) is 0 Å². The van der Waals surface area contributed by atoms with Crippen LogP contribution in [-0.4, -0.2) is 15.3 Å². The molecule has 0 aliphatic heterocycles. The lowest BCUT2D eigenvalue weighted by Crippen LogP contribution is -2.08. The van der Waals surface area contributed by atoms with Crippen LogP contribution in [0.3, 0.4) is 0 Å². The van der Waals surface area contributed by atoms with E-state index in [0.717, 1.165) is 21.4 Å². The number of nitrogens with zero attached hydrogens (tertiary/aromatic N) is 1. The van der Waals surface area contributed by atoms with E-state index in [1.54, 1.807) is 6.92 Å². The van der Waals surface area contributed by atoms with Crippen molar-refractivity contribution in [2.75, 3.05) is 0 Å². The van der Waals surface area contributed by atoms with Crippen molar-refractivity contribution in [1.82, 2.24) is 4.98 Å². The maximum atomic E-state index is 9.57. The molecule has 1 aromatic rings. The van der Waals surface area contributed by atoms with E-state index < -0.39 is 6.10 Å². The lowest BCUT2D eigenvalue weighted by atomic mass is 10.0. The molecule has 3 heteroatoms. The summed E-state index contributed by atoms with van der Waals surface area (Å²) in [5.74, 6) is 0. The molecule has 1 unspecified atom stereocenters. The Morgan fingerprint density at radius 1 is 1.35 bits per heavy atom. The molecule has 1 aliphatic rings. The van der Waals surface area contributed by atoms with E-state index in [1.807, 2.05) is 18.0 Å². The van der Waals surface area contributed by atoms with Gasteiger partial charge in [0, 0.05) is 17.0 Å². The molecule has 0 spiro atoms. The molecule has 0 saturated heterocycles. The summed E-state index contributed by atoms with van der Waals surface area (Å²) in [6.07, 6.45) is 8.17. The van der Waals surface area contributed by atoms with Crippen LogP contribution in [0.15, 0.2) is 17.3 Å². The van der Waals surface area contributed by atoms with Crippen molar-refractivity contribution in [1.29, 1.82) is 0 Å². The number of aliphatic hydroxyl groups excluding tert-OH is 1. The lowest BCUT2D eigenvalue weighted by molar-refractivity contribution is 0.198. The van der Waals surface area contributed by atoms with Gasteiger partial charge in [-0.25, -0.2) is 4.98 Å². The van der Waals surface area contributed by atoms with E-state index in [9.17, 15) is 5.11 Å². The summed E-state index contributed by atoms with van der Waals surface area (Å²) in [4.78, 5) is 4.46. The molecule has 0 radical (unpaired) electrons. The Hall–Kier alpha value is -0.540. The Labute approximate surface area is 108 Å². The molecule has 0 bridgehead atoms. The van der Waals surface area contributed by atoms with Crippen LogP contribution in [0, 0.1) is 6.92 Å². The third-order valence-corrected chi connectivity index (χ3v) is 4.69. The van der Waals surface area contributed by atoms with Crippen LogP contribution in [0.25, 0.3) is 0 Å². The first kappa shape index (κ1) is 12.9. The van der Waals surface area contributed by atoms with Crippen LogP contribution >= 0.6 is 11.8 Å². The lowest BCUT2D eigenvalue weighted by Gasteiger charge is -2.20. The zero-order valence-electron chi connectivity index (χ0n) is 10.6. The van der Waals surface area contributed by atoms with Crippen molar-refractivity contribution in [3.05, 3.63) is 23.4 Å². The van der Waals surface area contributed by atoms with Gasteiger partial charge in [0.05, 0.1) is 11.1 Å². The topological polar surface area (TPSA) is 33.1 Å². The van der Waals surface area contributed by atoms with Crippen molar-refractivity contribution < 1.29 is 5.11 Å². The molecular weight excluding hydrogens is 230 g/mol. The molecule has 1 saturated carbocycles. The highest BCUT2D eigenvalue weighted by molar-refractivity contribution is 7.99. The van der Waals surface area contributed by atoms with E-state index in [4.69, 9.17) is 0 Å². The maximum Gasteiger partial charge on any atom is 0.0965 e. The average molecular weight is 251 g/mol. The van der Waals surface area contributed by atoms with Gasteiger partial charge in [0.2, 0.25) is 0 Å². The predicted octanol–water partition coefficient (Wildman–Crippen LogP) is 3.87. The normalized spacial score (nSPS) is 19.2. The van der Waals surface area contributed by atoms with Gasteiger partial charge in [0.1, 0.15) is 0 Å². The number of hydrogen-bond acceptors (Lipinski definition) is 3. The third-order valence-electron chi connectivity index (χ3n) is 3.42. The fourth-order valence-corrected chi connectivity index (χ4v) is 3.67. The monoisotopic (exact) mass is 251 g/mol. The Morgan fingerprint density at radius 3 is 2.65 bits per heavy atom. The number of aromatic nitrogens is 1. The fraction of sp³-hybridized carbons (Fsp3) is 0.643. The van der Waals surface area contributed by atoms with E-state index in [-0.39, 0.29) is 0 Å². The van der Waals surface area contributed by atoms with E-state index >= 15 is 0 Å². The molecule has 2 nitrogen and oxygen atoms in total. The number of pyridine rings is 1. The summed E-state index contributed by atoms with van der Waals surface area (Å²) >= 11 is 1.91. The highest BCUT2D eigenvalue weighted by Crippen LogP contribution is 2.33. The van der Waals surface area contributed by atoms with Gasteiger partial charge >= 0.3 is 0 Å². The predicted molar refractivity (Wildman–Crippen MR) is 72.3 cm³/mol. The van der Waals surface area contributed by atoms with Crippen molar-refractivity contribution in [3.63, 3.8) is 0 Å². The van der Waals surface area contributed by atoms with Gasteiger partial charge < -0.3 is 5.11 Å². The van der Waals surface area contributed by atoms with Gasteiger partial charge in [-0.3, -0.25) is 0 Å². The number of hydrogen-bond donors (Lipinski definition) is 1. The van der Waals surface area contributed by atoms with Gasteiger partial charge in [-0.15, -0.1) is 11.8 Å². The molecule has 1 fully saturated rings. The largest absolute Gasteiger partial charge is 0.389 e. The molecular formula is C14H21NOS. The number of aryl methyl sites for hydroxylation is 1. The van der Waals surface area contributed by atoms with Crippen LogP contribution in [0.2, 0.25) is 0 Å². The second-order valence-corrected chi connectivity index (χ2v) is 6.25. The fourth-order valence-electron chi connectivity index (χ4n) is 2.40. The SMILES string of the molecule is Cc1cc(SC2CCCCC2)ncc1C(C)O. The molecule has 2 rings (SSSR count). The quantitative estimate of drug-likeness (QED) is 0.885. The minimum absolute atomic E-state index is 0.420. The Kier molecular flexibility index (Phi) is 4.46. The summed E-state index contributed by atoms with van der Waals surface area (Å²) in [6.45, 7) is 3.84. The molecule has 0 aromatic carbocycles. The Bertz CT molecular complexity index is 372. The Balaban J connectivity index is 2.04. The van der Waals surface area contributed by atoms with Crippen molar-refractivity contribution in [3.8, 4) is 0 Å². The van der Waals surface area contributed by atoms with Crippen molar-refractivity contribution >= 4 is 11.8 Å². The van der Waals surface area contributed by atoms with Crippen LogP contribution in [0.4, 0.5) is 0 Å². The highest BCUT2D eigenvalue weighted by Gasteiger charge is 2.16. The molecule has 1 N–H and O–H groups in total. The zero-order chi connectivity index (χ0) is 12.3. The zero-order valence-corrected chi connectivity index (χ0v) is 11.5. The van der Waals surface area contributed by atoms with Gasteiger partial charge in [-0.1, -0.05) is 19.3 Å². The average Bonchev–Trinajstić information content (AvgIpc) is 2.30. The maximum absolute atomic E-state index is 9.57. The van der Waals surface area contributed by atoms with Crippen LogP contribution in [0.5, 0.6) is 0 Å². The van der Waals surface area contributed by atoms with Crippen LogP contribution in [0.1, 0.15) is 56.3 Å². The second-order valence-electron chi connectivity index (χ2n) is 4.93. The first-order valence-electron chi connectivity index (χ1n) is 6.48. The first-order valence-corrected chi connectivity index (χ1v) is 7.36.